The zero-order chi connectivity index (χ0) is 13.8. The van der Waals surface area contributed by atoms with Gasteiger partial charge in [0.2, 0.25) is 17.8 Å². The number of nitrogen functional groups attached to an aromatic ring is 1. The summed E-state index contributed by atoms with van der Waals surface area (Å²) in [7, 11) is 0. The Labute approximate surface area is 105 Å². The second-order valence-corrected chi connectivity index (χ2v) is 4.26. The number of amides is 1. The fraction of sp³-hybridized carbons (Fsp3) is 0.600. The van der Waals surface area contributed by atoms with E-state index in [0.717, 1.165) is 6.42 Å². The van der Waals surface area contributed by atoms with Crippen LogP contribution in [0.5, 0.6) is 6.01 Å². The number of primary amides is 1. The van der Waals surface area contributed by atoms with Crippen molar-refractivity contribution in [3.05, 3.63) is 0 Å². The molecule has 0 spiro atoms. The first-order chi connectivity index (χ1) is 8.35. The normalized spacial score (nSPS) is 11.1. The van der Waals surface area contributed by atoms with Crippen molar-refractivity contribution in [3.8, 4) is 6.01 Å². The Balaban J connectivity index is 2.89. The molecule has 1 aromatic heterocycles. The van der Waals surface area contributed by atoms with Gasteiger partial charge in [-0.3, -0.25) is 4.79 Å². The Hall–Kier alpha value is -2.12. The molecule has 18 heavy (non-hydrogen) atoms. The summed E-state index contributed by atoms with van der Waals surface area (Å²) in [6.45, 7) is 5.66. The van der Waals surface area contributed by atoms with Crippen LogP contribution in [0.1, 0.15) is 27.2 Å². The number of carbonyl (C=O) groups excluding carboxylic acids is 1. The van der Waals surface area contributed by atoms with Crippen molar-refractivity contribution in [2.45, 2.75) is 32.7 Å². The summed E-state index contributed by atoms with van der Waals surface area (Å²) in [6.07, 6.45) is 0.821. The molecular formula is C10H18N6O2. The lowest BCUT2D eigenvalue weighted by atomic mass is 10.1. The number of carbonyl (C=O) groups is 1. The molecule has 100 valence electrons. The van der Waals surface area contributed by atoms with Crippen LogP contribution in [0, 0.1) is 0 Å². The van der Waals surface area contributed by atoms with Crippen molar-refractivity contribution in [3.63, 3.8) is 0 Å². The summed E-state index contributed by atoms with van der Waals surface area (Å²) in [5.74, 6) is -0.367. The van der Waals surface area contributed by atoms with Crippen molar-refractivity contribution in [1.82, 2.24) is 15.0 Å². The van der Waals surface area contributed by atoms with Gasteiger partial charge in [-0.05, 0) is 20.3 Å². The van der Waals surface area contributed by atoms with Crippen LogP contribution in [0.25, 0.3) is 0 Å². The van der Waals surface area contributed by atoms with Crippen molar-refractivity contribution in [1.29, 1.82) is 0 Å². The highest BCUT2D eigenvalue weighted by molar-refractivity contribution is 5.86. The number of anilines is 2. The Morgan fingerprint density at radius 3 is 2.61 bits per heavy atom. The van der Waals surface area contributed by atoms with Crippen molar-refractivity contribution in [2.75, 3.05) is 17.7 Å². The zero-order valence-electron chi connectivity index (χ0n) is 10.7. The summed E-state index contributed by atoms with van der Waals surface area (Å²) in [5.41, 5.74) is 9.78. The summed E-state index contributed by atoms with van der Waals surface area (Å²) in [6, 6.07) is 0.118. The molecule has 0 bridgehead atoms. The number of nitrogens with one attached hydrogen (secondary N) is 1. The third kappa shape index (κ3) is 3.72. The quantitative estimate of drug-likeness (QED) is 0.647. The SMILES string of the molecule is CCCOc1nc(N)nc(NC(C)(C)C(N)=O)n1. The molecular weight excluding hydrogens is 236 g/mol. The summed E-state index contributed by atoms with van der Waals surface area (Å²) in [5, 5.41) is 2.78. The summed E-state index contributed by atoms with van der Waals surface area (Å²) < 4.78 is 5.25. The van der Waals surface area contributed by atoms with Crippen LogP contribution in [0.3, 0.4) is 0 Å². The standard InChI is InChI=1S/C10H18N6O2/c1-4-5-18-9-14-7(12)13-8(15-9)16-10(2,3)6(11)17/h4-5H2,1-3H3,(H2,11,17)(H3,12,13,14,15,16). The molecule has 0 fully saturated rings. The first-order valence-corrected chi connectivity index (χ1v) is 5.57. The van der Waals surface area contributed by atoms with Crippen LogP contribution in [0.4, 0.5) is 11.9 Å². The average Bonchev–Trinajstić information content (AvgIpc) is 2.24. The molecule has 0 aliphatic carbocycles. The smallest absolute Gasteiger partial charge is 0.323 e. The molecule has 8 heteroatoms. The van der Waals surface area contributed by atoms with E-state index in [-0.39, 0.29) is 17.9 Å². The van der Waals surface area contributed by atoms with Gasteiger partial charge in [0.05, 0.1) is 6.61 Å². The number of hydrogen-bond donors (Lipinski definition) is 3. The average molecular weight is 254 g/mol. The largest absolute Gasteiger partial charge is 0.463 e. The maximum Gasteiger partial charge on any atom is 0.323 e. The van der Waals surface area contributed by atoms with Crippen LogP contribution in [-0.2, 0) is 4.79 Å². The molecule has 0 atom stereocenters. The Morgan fingerprint density at radius 1 is 1.39 bits per heavy atom. The Bertz CT molecular complexity index is 434. The van der Waals surface area contributed by atoms with E-state index in [1.807, 2.05) is 6.92 Å². The number of nitrogens with zero attached hydrogens (tertiary/aromatic N) is 3. The highest BCUT2D eigenvalue weighted by Crippen LogP contribution is 2.14. The molecule has 1 rings (SSSR count). The molecule has 0 aromatic carbocycles. The summed E-state index contributed by atoms with van der Waals surface area (Å²) >= 11 is 0. The molecule has 0 aliphatic heterocycles. The van der Waals surface area contributed by atoms with E-state index >= 15 is 0 Å². The van der Waals surface area contributed by atoms with Gasteiger partial charge in [0.15, 0.2) is 0 Å². The number of nitrogens with two attached hydrogens (primary N) is 2. The predicted molar refractivity (Wildman–Crippen MR) is 66.9 cm³/mol. The Morgan fingerprint density at radius 2 is 2.06 bits per heavy atom. The molecule has 0 saturated heterocycles. The molecule has 5 N–H and O–H groups in total. The van der Waals surface area contributed by atoms with E-state index in [2.05, 4.69) is 20.3 Å². The van der Waals surface area contributed by atoms with Gasteiger partial charge in [-0.2, -0.15) is 15.0 Å². The highest BCUT2D eigenvalue weighted by Gasteiger charge is 2.26. The first-order valence-electron chi connectivity index (χ1n) is 5.57. The molecule has 1 amide bonds. The first kappa shape index (κ1) is 13.9. The minimum atomic E-state index is -0.990. The molecule has 8 nitrogen and oxygen atoms in total. The number of hydrogen-bond acceptors (Lipinski definition) is 7. The van der Waals surface area contributed by atoms with Crippen LogP contribution >= 0.6 is 0 Å². The van der Waals surface area contributed by atoms with Gasteiger partial charge < -0.3 is 21.5 Å². The van der Waals surface area contributed by atoms with E-state index in [9.17, 15) is 4.79 Å². The van der Waals surface area contributed by atoms with E-state index in [1.54, 1.807) is 13.8 Å². The van der Waals surface area contributed by atoms with E-state index in [1.165, 1.54) is 0 Å². The minimum absolute atomic E-state index is 0.0128. The van der Waals surface area contributed by atoms with Gasteiger partial charge in [0, 0.05) is 0 Å². The monoisotopic (exact) mass is 254 g/mol. The van der Waals surface area contributed by atoms with E-state index < -0.39 is 11.4 Å². The van der Waals surface area contributed by atoms with Crippen LogP contribution in [0.15, 0.2) is 0 Å². The van der Waals surface area contributed by atoms with Crippen LogP contribution in [-0.4, -0.2) is 33.0 Å². The molecule has 0 radical (unpaired) electrons. The van der Waals surface area contributed by atoms with Crippen molar-refractivity contribution in [2.24, 2.45) is 5.73 Å². The van der Waals surface area contributed by atoms with Crippen LogP contribution < -0.4 is 21.5 Å². The van der Waals surface area contributed by atoms with Gasteiger partial charge in [-0.15, -0.1) is 0 Å². The van der Waals surface area contributed by atoms with Gasteiger partial charge in [0.25, 0.3) is 0 Å². The topological polar surface area (TPSA) is 129 Å². The molecule has 1 heterocycles. The molecule has 0 unspecified atom stereocenters. The lowest BCUT2D eigenvalue weighted by Gasteiger charge is -2.22. The molecule has 0 saturated carbocycles. The highest BCUT2D eigenvalue weighted by atomic mass is 16.5. The van der Waals surface area contributed by atoms with Gasteiger partial charge in [-0.1, -0.05) is 6.92 Å². The van der Waals surface area contributed by atoms with Crippen molar-refractivity contribution >= 4 is 17.8 Å². The predicted octanol–water partition coefficient (Wildman–Crippen LogP) is -0.0816. The minimum Gasteiger partial charge on any atom is -0.463 e. The van der Waals surface area contributed by atoms with Gasteiger partial charge >= 0.3 is 6.01 Å². The third-order valence-electron chi connectivity index (χ3n) is 2.11. The number of ether oxygens (including phenoxy) is 1. The second kappa shape index (κ2) is 5.48. The van der Waals surface area contributed by atoms with Crippen LogP contribution in [0.2, 0.25) is 0 Å². The van der Waals surface area contributed by atoms with E-state index in [0.29, 0.717) is 6.61 Å². The second-order valence-electron chi connectivity index (χ2n) is 4.26. The fourth-order valence-electron chi connectivity index (χ4n) is 1.03. The van der Waals surface area contributed by atoms with Gasteiger partial charge in [0.1, 0.15) is 5.54 Å². The fourth-order valence-corrected chi connectivity index (χ4v) is 1.03. The maximum absolute atomic E-state index is 11.2. The number of rotatable bonds is 6. The lowest BCUT2D eigenvalue weighted by molar-refractivity contribution is -0.121. The number of aromatic nitrogens is 3. The molecule has 1 aromatic rings. The Kier molecular flexibility index (Phi) is 4.24. The molecule has 0 aliphatic rings. The summed E-state index contributed by atoms with van der Waals surface area (Å²) in [4.78, 5) is 22.9. The third-order valence-corrected chi connectivity index (χ3v) is 2.11. The van der Waals surface area contributed by atoms with Crippen molar-refractivity contribution < 1.29 is 9.53 Å². The lowest BCUT2D eigenvalue weighted by Crippen LogP contribution is -2.45. The maximum atomic E-state index is 11.2. The van der Waals surface area contributed by atoms with Gasteiger partial charge in [-0.25, -0.2) is 0 Å². The van der Waals surface area contributed by atoms with E-state index in [4.69, 9.17) is 16.2 Å². The zero-order valence-corrected chi connectivity index (χ0v) is 10.7.